The molecule has 0 saturated carbocycles. The molecule has 0 unspecified atom stereocenters. The second-order valence-corrected chi connectivity index (χ2v) is 5.26. The van der Waals surface area contributed by atoms with Crippen molar-refractivity contribution in [3.05, 3.63) is 89.8 Å². The lowest BCUT2D eigenvalue weighted by atomic mass is 10.1. The quantitative estimate of drug-likeness (QED) is 0.697. The zero-order chi connectivity index (χ0) is 15.0. The topological polar surface area (TPSA) is 38.7 Å². The van der Waals surface area contributed by atoms with Crippen molar-refractivity contribution in [2.45, 2.75) is 25.7 Å². The number of hydrogen-bond donors (Lipinski definition) is 0. The van der Waals surface area contributed by atoms with Crippen molar-refractivity contribution in [1.29, 1.82) is 0 Å². The fraction of sp³-hybridized carbons (Fsp3) is 0.211. The van der Waals surface area contributed by atoms with Crippen LogP contribution in [0.5, 0.6) is 0 Å². The molecule has 0 radical (unpaired) electrons. The first kappa shape index (κ1) is 14.4. The van der Waals surface area contributed by atoms with Crippen LogP contribution in [-0.4, -0.2) is 15.0 Å². The number of rotatable bonds is 6. The summed E-state index contributed by atoms with van der Waals surface area (Å²) in [6.07, 6.45) is 7.38. The Morgan fingerprint density at radius 1 is 0.500 bits per heavy atom. The minimum Gasteiger partial charge on any atom is -0.261 e. The largest absolute Gasteiger partial charge is 0.261 e. The number of pyridine rings is 3. The molecular weight excluding hydrogens is 270 g/mol. The second-order valence-electron chi connectivity index (χ2n) is 5.26. The normalized spacial score (nSPS) is 10.5. The Hall–Kier alpha value is -2.55. The van der Waals surface area contributed by atoms with Crippen molar-refractivity contribution in [2.75, 3.05) is 0 Å². The highest BCUT2D eigenvalue weighted by Gasteiger charge is 2.01. The molecule has 3 aromatic rings. The van der Waals surface area contributed by atoms with Gasteiger partial charge >= 0.3 is 0 Å². The molecule has 0 N–H and O–H groups in total. The summed E-state index contributed by atoms with van der Waals surface area (Å²) in [5.74, 6) is 0. The maximum atomic E-state index is 4.75. The van der Waals surface area contributed by atoms with E-state index in [9.17, 15) is 0 Å². The van der Waals surface area contributed by atoms with E-state index < -0.39 is 0 Å². The van der Waals surface area contributed by atoms with Gasteiger partial charge in [0.2, 0.25) is 0 Å². The molecule has 0 saturated heterocycles. The molecule has 0 aliphatic rings. The first-order chi connectivity index (χ1) is 10.9. The third kappa shape index (κ3) is 4.22. The van der Waals surface area contributed by atoms with Gasteiger partial charge in [-0.25, -0.2) is 0 Å². The van der Waals surface area contributed by atoms with E-state index in [1.54, 1.807) is 0 Å². The molecular formula is C19H19N3. The second kappa shape index (κ2) is 7.46. The molecule has 3 rings (SSSR count). The Morgan fingerprint density at radius 3 is 1.41 bits per heavy atom. The molecule has 3 aromatic heterocycles. The molecule has 0 bridgehead atoms. The summed E-state index contributed by atoms with van der Waals surface area (Å²) in [5.41, 5.74) is 4.49. The van der Waals surface area contributed by atoms with Crippen molar-refractivity contribution in [1.82, 2.24) is 15.0 Å². The van der Waals surface area contributed by atoms with Crippen LogP contribution in [0.4, 0.5) is 0 Å². The SMILES string of the molecule is c1ccc(CCc2cccc(CCc3ccccn3)n2)nc1. The fourth-order valence-corrected chi connectivity index (χ4v) is 2.41. The maximum absolute atomic E-state index is 4.75. The zero-order valence-corrected chi connectivity index (χ0v) is 12.5. The molecule has 0 spiro atoms. The molecule has 0 amide bonds. The molecule has 0 aliphatic heterocycles. The number of aromatic nitrogens is 3. The van der Waals surface area contributed by atoms with Gasteiger partial charge in [-0.05, 0) is 62.1 Å². The van der Waals surface area contributed by atoms with Gasteiger partial charge in [-0.3, -0.25) is 15.0 Å². The summed E-state index contributed by atoms with van der Waals surface area (Å²) in [5, 5.41) is 0. The van der Waals surface area contributed by atoms with Crippen molar-refractivity contribution in [2.24, 2.45) is 0 Å². The van der Waals surface area contributed by atoms with E-state index in [1.165, 1.54) is 0 Å². The molecule has 110 valence electrons. The van der Waals surface area contributed by atoms with Crippen LogP contribution in [0.15, 0.2) is 67.0 Å². The molecule has 22 heavy (non-hydrogen) atoms. The fourth-order valence-electron chi connectivity index (χ4n) is 2.41. The first-order valence-corrected chi connectivity index (χ1v) is 7.65. The van der Waals surface area contributed by atoms with E-state index in [0.717, 1.165) is 48.5 Å². The Kier molecular flexibility index (Phi) is 4.88. The standard InChI is InChI=1S/C19H19N3/c1-3-14-20-16(6-1)10-12-18-8-5-9-19(22-18)13-11-17-7-2-4-15-21-17/h1-9,14-15H,10-13H2. The van der Waals surface area contributed by atoms with Crippen molar-refractivity contribution in [3.63, 3.8) is 0 Å². The Balaban J connectivity index is 1.58. The lowest BCUT2D eigenvalue weighted by Crippen LogP contribution is -2.01. The van der Waals surface area contributed by atoms with Crippen molar-refractivity contribution >= 4 is 0 Å². The van der Waals surface area contributed by atoms with Gasteiger partial charge in [-0.15, -0.1) is 0 Å². The van der Waals surface area contributed by atoms with Gasteiger partial charge in [0.1, 0.15) is 0 Å². The summed E-state index contributed by atoms with van der Waals surface area (Å²) in [4.78, 5) is 13.5. The highest BCUT2D eigenvalue weighted by molar-refractivity contribution is 5.15. The molecule has 3 heteroatoms. The predicted molar refractivity (Wildman–Crippen MR) is 87.5 cm³/mol. The number of hydrogen-bond acceptors (Lipinski definition) is 3. The monoisotopic (exact) mass is 289 g/mol. The summed E-state index contributed by atoms with van der Waals surface area (Å²) < 4.78 is 0. The van der Waals surface area contributed by atoms with E-state index >= 15 is 0 Å². The van der Waals surface area contributed by atoms with Gasteiger partial charge in [0, 0.05) is 35.2 Å². The van der Waals surface area contributed by atoms with Gasteiger partial charge < -0.3 is 0 Å². The summed E-state index contributed by atoms with van der Waals surface area (Å²) in [7, 11) is 0. The van der Waals surface area contributed by atoms with Crippen LogP contribution in [0.3, 0.4) is 0 Å². The average Bonchev–Trinajstić information content (AvgIpc) is 2.60. The number of aryl methyl sites for hydroxylation is 4. The van der Waals surface area contributed by atoms with Gasteiger partial charge in [0.05, 0.1) is 0 Å². The van der Waals surface area contributed by atoms with Gasteiger partial charge in [0.25, 0.3) is 0 Å². The van der Waals surface area contributed by atoms with E-state index in [1.807, 2.05) is 36.7 Å². The van der Waals surface area contributed by atoms with E-state index in [-0.39, 0.29) is 0 Å². The average molecular weight is 289 g/mol. The lowest BCUT2D eigenvalue weighted by molar-refractivity contribution is 0.833. The molecule has 0 fully saturated rings. The third-order valence-electron chi connectivity index (χ3n) is 3.59. The third-order valence-corrected chi connectivity index (χ3v) is 3.59. The minimum atomic E-state index is 0.925. The van der Waals surface area contributed by atoms with E-state index in [0.29, 0.717) is 0 Å². The smallest absolute Gasteiger partial charge is 0.0410 e. The Labute approximate surface area is 131 Å². The van der Waals surface area contributed by atoms with Gasteiger partial charge in [-0.1, -0.05) is 18.2 Å². The van der Waals surface area contributed by atoms with Crippen LogP contribution >= 0.6 is 0 Å². The molecule has 3 heterocycles. The highest BCUT2D eigenvalue weighted by Crippen LogP contribution is 2.07. The minimum absolute atomic E-state index is 0.925. The van der Waals surface area contributed by atoms with Crippen LogP contribution < -0.4 is 0 Å². The Bertz CT molecular complexity index is 637. The Morgan fingerprint density at radius 2 is 0.955 bits per heavy atom. The molecule has 0 aliphatic carbocycles. The molecule has 0 atom stereocenters. The maximum Gasteiger partial charge on any atom is 0.0410 e. The van der Waals surface area contributed by atoms with Crippen molar-refractivity contribution < 1.29 is 0 Å². The summed E-state index contributed by atoms with van der Waals surface area (Å²) >= 11 is 0. The highest BCUT2D eigenvalue weighted by atomic mass is 14.7. The van der Waals surface area contributed by atoms with Crippen LogP contribution in [0.25, 0.3) is 0 Å². The van der Waals surface area contributed by atoms with Crippen LogP contribution in [0, 0.1) is 0 Å². The summed E-state index contributed by atoms with van der Waals surface area (Å²) in [6.45, 7) is 0. The van der Waals surface area contributed by atoms with E-state index in [4.69, 9.17) is 4.98 Å². The summed E-state index contributed by atoms with van der Waals surface area (Å²) in [6, 6.07) is 18.3. The van der Waals surface area contributed by atoms with Gasteiger partial charge in [0.15, 0.2) is 0 Å². The van der Waals surface area contributed by atoms with Crippen LogP contribution in [0.1, 0.15) is 22.8 Å². The van der Waals surface area contributed by atoms with Crippen LogP contribution in [0.2, 0.25) is 0 Å². The van der Waals surface area contributed by atoms with E-state index in [2.05, 4.69) is 40.3 Å². The van der Waals surface area contributed by atoms with Crippen molar-refractivity contribution in [3.8, 4) is 0 Å². The van der Waals surface area contributed by atoms with Crippen LogP contribution in [-0.2, 0) is 25.7 Å². The lowest BCUT2D eigenvalue weighted by Gasteiger charge is -2.05. The molecule has 3 nitrogen and oxygen atoms in total. The van der Waals surface area contributed by atoms with Gasteiger partial charge in [-0.2, -0.15) is 0 Å². The zero-order valence-electron chi connectivity index (χ0n) is 12.5. The first-order valence-electron chi connectivity index (χ1n) is 7.65. The predicted octanol–water partition coefficient (Wildman–Crippen LogP) is 3.44. The molecule has 0 aromatic carbocycles. The number of nitrogens with zero attached hydrogens (tertiary/aromatic N) is 3.